The molecule has 0 aromatic carbocycles. The van der Waals surface area contributed by atoms with Gasteiger partial charge in [0.2, 0.25) is 0 Å². The molecule has 0 saturated carbocycles. The highest BCUT2D eigenvalue weighted by Gasteiger charge is 2.12. The Hall–Kier alpha value is -0.540. The number of nitrogens with zero attached hydrogens (tertiary/aromatic N) is 2. The van der Waals surface area contributed by atoms with Crippen molar-refractivity contribution in [1.82, 2.24) is 9.29 Å². The Labute approximate surface area is 77.1 Å². The molecule has 0 bridgehead atoms. The molecule has 0 radical (unpaired) electrons. The van der Waals surface area contributed by atoms with Crippen molar-refractivity contribution in [3.63, 3.8) is 0 Å². The Kier molecular flexibility index (Phi) is 2.64. The molecule has 12 heavy (non-hydrogen) atoms. The van der Waals surface area contributed by atoms with E-state index in [0.717, 1.165) is 5.03 Å². The second-order valence-electron chi connectivity index (χ2n) is 2.90. The number of aromatic nitrogens is 1. The summed E-state index contributed by atoms with van der Waals surface area (Å²) >= 11 is 1.77. The number of pyridine rings is 1. The molecule has 0 atom stereocenters. The fourth-order valence-corrected chi connectivity index (χ4v) is 2.27. The molecule has 2 nitrogen and oxygen atoms in total. The molecule has 0 spiro atoms. The minimum Gasteiger partial charge on any atom is -0.249 e. The third kappa shape index (κ3) is 1.99. The third-order valence-corrected chi connectivity index (χ3v) is 2.98. The second-order valence-corrected chi connectivity index (χ2v) is 4.01. The summed E-state index contributed by atoms with van der Waals surface area (Å²) in [5.41, 5.74) is 0. The van der Waals surface area contributed by atoms with E-state index in [1.54, 1.807) is 11.9 Å². The molecule has 1 aliphatic heterocycles. The van der Waals surface area contributed by atoms with E-state index in [1.165, 1.54) is 25.9 Å². The lowest BCUT2D eigenvalue weighted by Gasteiger charge is -2.11. The third-order valence-electron chi connectivity index (χ3n) is 1.93. The molecule has 0 unspecified atom stereocenters. The van der Waals surface area contributed by atoms with Crippen LogP contribution in [0.5, 0.6) is 0 Å². The number of hydrogen-bond donors (Lipinski definition) is 0. The van der Waals surface area contributed by atoms with Crippen molar-refractivity contribution >= 4 is 11.9 Å². The minimum atomic E-state index is 1.11. The van der Waals surface area contributed by atoms with Crippen LogP contribution in [0.2, 0.25) is 0 Å². The van der Waals surface area contributed by atoms with Crippen LogP contribution in [0.25, 0.3) is 0 Å². The molecule has 64 valence electrons. The number of rotatable bonds is 2. The predicted molar refractivity (Wildman–Crippen MR) is 50.9 cm³/mol. The van der Waals surface area contributed by atoms with Crippen molar-refractivity contribution in [2.24, 2.45) is 0 Å². The molecule has 0 aliphatic carbocycles. The van der Waals surface area contributed by atoms with Gasteiger partial charge in [0.25, 0.3) is 0 Å². The van der Waals surface area contributed by atoms with Gasteiger partial charge in [-0.2, -0.15) is 0 Å². The summed E-state index contributed by atoms with van der Waals surface area (Å²) in [5.74, 6) is 0. The zero-order valence-electron chi connectivity index (χ0n) is 6.94. The monoisotopic (exact) mass is 180 g/mol. The zero-order chi connectivity index (χ0) is 8.23. The molecule has 2 rings (SSSR count). The van der Waals surface area contributed by atoms with E-state index in [2.05, 4.69) is 15.4 Å². The molecular weight excluding hydrogens is 168 g/mol. The van der Waals surface area contributed by atoms with Crippen LogP contribution in [0.1, 0.15) is 12.8 Å². The van der Waals surface area contributed by atoms with Gasteiger partial charge in [-0.3, -0.25) is 0 Å². The van der Waals surface area contributed by atoms with Crippen molar-refractivity contribution in [1.29, 1.82) is 0 Å². The average molecular weight is 180 g/mol. The molecule has 1 aliphatic rings. The first-order valence-corrected chi connectivity index (χ1v) is 5.06. The standard InChI is InChI=1S/C9H12N2S/c1-2-6-10-9(5-1)12-11-7-3-4-8-11/h1-2,5-6H,3-4,7-8H2. The first-order chi connectivity index (χ1) is 5.95. The Morgan fingerprint density at radius 3 is 2.75 bits per heavy atom. The van der Waals surface area contributed by atoms with Gasteiger partial charge in [-0.15, -0.1) is 0 Å². The molecule has 0 amide bonds. The quantitative estimate of drug-likeness (QED) is 0.649. The highest BCUT2D eigenvalue weighted by Crippen LogP contribution is 2.24. The maximum atomic E-state index is 4.26. The Balaban J connectivity index is 1.94. The highest BCUT2D eigenvalue weighted by atomic mass is 32.2. The molecule has 1 aromatic rings. The lowest BCUT2D eigenvalue weighted by Crippen LogP contribution is -2.08. The van der Waals surface area contributed by atoms with Crippen LogP contribution in [0.15, 0.2) is 29.4 Å². The topological polar surface area (TPSA) is 16.1 Å². The average Bonchev–Trinajstić information content (AvgIpc) is 2.59. The van der Waals surface area contributed by atoms with Gasteiger partial charge in [0.15, 0.2) is 0 Å². The largest absolute Gasteiger partial charge is 0.249 e. The van der Waals surface area contributed by atoms with Gasteiger partial charge in [-0.1, -0.05) is 6.07 Å². The van der Waals surface area contributed by atoms with Crippen molar-refractivity contribution in [3.05, 3.63) is 24.4 Å². The maximum Gasteiger partial charge on any atom is 0.111 e. The van der Waals surface area contributed by atoms with E-state index in [4.69, 9.17) is 0 Å². The summed E-state index contributed by atoms with van der Waals surface area (Å²) in [6.45, 7) is 2.42. The van der Waals surface area contributed by atoms with Crippen molar-refractivity contribution in [2.45, 2.75) is 17.9 Å². The van der Waals surface area contributed by atoms with Gasteiger partial charge < -0.3 is 0 Å². The van der Waals surface area contributed by atoms with Gasteiger partial charge >= 0.3 is 0 Å². The summed E-state index contributed by atoms with van der Waals surface area (Å²) in [4.78, 5) is 4.26. The molecule has 3 heteroatoms. The van der Waals surface area contributed by atoms with Crippen LogP contribution in [-0.2, 0) is 0 Å². The second kappa shape index (κ2) is 3.92. The van der Waals surface area contributed by atoms with Crippen molar-refractivity contribution < 1.29 is 0 Å². The summed E-state index contributed by atoms with van der Waals surface area (Å²) in [6, 6.07) is 6.04. The van der Waals surface area contributed by atoms with Crippen LogP contribution in [-0.4, -0.2) is 22.4 Å². The van der Waals surface area contributed by atoms with Crippen LogP contribution >= 0.6 is 11.9 Å². The summed E-state index contributed by atoms with van der Waals surface area (Å²) in [6.07, 6.45) is 4.51. The maximum absolute atomic E-state index is 4.26. The summed E-state index contributed by atoms with van der Waals surface area (Å²) < 4.78 is 2.38. The highest BCUT2D eigenvalue weighted by molar-refractivity contribution is 7.97. The minimum absolute atomic E-state index is 1.11. The van der Waals surface area contributed by atoms with Crippen LogP contribution in [0.3, 0.4) is 0 Å². The Morgan fingerprint density at radius 1 is 1.25 bits per heavy atom. The van der Waals surface area contributed by atoms with E-state index >= 15 is 0 Å². The van der Waals surface area contributed by atoms with Gasteiger partial charge in [-0.05, 0) is 36.9 Å². The summed E-state index contributed by atoms with van der Waals surface area (Å²) in [7, 11) is 0. The smallest absolute Gasteiger partial charge is 0.111 e. The fourth-order valence-electron chi connectivity index (χ4n) is 1.31. The van der Waals surface area contributed by atoms with Crippen LogP contribution < -0.4 is 0 Å². The van der Waals surface area contributed by atoms with Gasteiger partial charge in [0.1, 0.15) is 5.03 Å². The van der Waals surface area contributed by atoms with Gasteiger partial charge in [0, 0.05) is 19.3 Å². The molecular formula is C9H12N2S. The SMILES string of the molecule is c1ccc(SN2CCCC2)nc1. The zero-order valence-corrected chi connectivity index (χ0v) is 7.76. The van der Waals surface area contributed by atoms with E-state index < -0.39 is 0 Å². The lowest BCUT2D eigenvalue weighted by atomic mass is 10.4. The van der Waals surface area contributed by atoms with Crippen LogP contribution in [0.4, 0.5) is 0 Å². The van der Waals surface area contributed by atoms with E-state index in [1.807, 2.05) is 18.3 Å². The first kappa shape index (κ1) is 8.08. The van der Waals surface area contributed by atoms with Crippen LogP contribution in [0, 0.1) is 0 Å². The molecule has 1 saturated heterocycles. The molecule has 2 heterocycles. The normalized spacial score (nSPS) is 18.3. The Morgan fingerprint density at radius 2 is 2.08 bits per heavy atom. The van der Waals surface area contributed by atoms with Gasteiger partial charge in [-0.25, -0.2) is 9.29 Å². The van der Waals surface area contributed by atoms with Crippen molar-refractivity contribution in [2.75, 3.05) is 13.1 Å². The predicted octanol–water partition coefficient (Wildman–Crippen LogP) is 2.18. The molecule has 1 fully saturated rings. The first-order valence-electron chi connectivity index (χ1n) is 4.29. The fraction of sp³-hybridized carbons (Fsp3) is 0.444. The summed E-state index contributed by atoms with van der Waals surface area (Å²) in [5, 5.41) is 1.11. The molecule has 0 N–H and O–H groups in total. The Bertz CT molecular complexity index is 232. The van der Waals surface area contributed by atoms with E-state index in [0.29, 0.717) is 0 Å². The van der Waals surface area contributed by atoms with E-state index in [9.17, 15) is 0 Å². The van der Waals surface area contributed by atoms with Gasteiger partial charge in [0.05, 0.1) is 0 Å². The lowest BCUT2D eigenvalue weighted by molar-refractivity contribution is 0.585. The van der Waals surface area contributed by atoms with Crippen molar-refractivity contribution in [3.8, 4) is 0 Å². The number of hydrogen-bond acceptors (Lipinski definition) is 3. The van der Waals surface area contributed by atoms with E-state index in [-0.39, 0.29) is 0 Å². The molecule has 1 aromatic heterocycles.